The van der Waals surface area contributed by atoms with Gasteiger partial charge in [-0.15, -0.1) is 11.8 Å². The highest BCUT2D eigenvalue weighted by Crippen LogP contribution is 2.29. The van der Waals surface area contributed by atoms with Crippen LogP contribution >= 0.6 is 23.1 Å². The average molecular weight is 405 g/mol. The van der Waals surface area contributed by atoms with Crippen LogP contribution in [0.15, 0.2) is 34.9 Å². The van der Waals surface area contributed by atoms with Crippen LogP contribution in [0.2, 0.25) is 0 Å². The number of pyridine rings is 1. The predicted molar refractivity (Wildman–Crippen MR) is 114 cm³/mol. The van der Waals surface area contributed by atoms with Crippen LogP contribution in [0.25, 0.3) is 0 Å². The van der Waals surface area contributed by atoms with Crippen LogP contribution in [0.3, 0.4) is 0 Å². The number of carbonyl (C=O) groups excluding carboxylic acids is 1. The van der Waals surface area contributed by atoms with E-state index in [1.807, 2.05) is 23.4 Å². The van der Waals surface area contributed by atoms with Gasteiger partial charge in [0.05, 0.1) is 10.4 Å². The molecule has 0 aliphatic heterocycles. The van der Waals surface area contributed by atoms with Crippen molar-refractivity contribution in [2.24, 2.45) is 0 Å². The van der Waals surface area contributed by atoms with Gasteiger partial charge in [-0.05, 0) is 43.1 Å². The molecule has 3 rings (SSSR count). The van der Waals surface area contributed by atoms with Crippen molar-refractivity contribution in [2.45, 2.75) is 62.1 Å². The third-order valence-electron chi connectivity index (χ3n) is 4.85. The lowest BCUT2D eigenvalue weighted by molar-refractivity contribution is 0.166. The van der Waals surface area contributed by atoms with E-state index in [0.717, 1.165) is 42.2 Å². The predicted octanol–water partition coefficient (Wildman–Crippen LogP) is 5.45. The Balaban J connectivity index is 1.60. The number of amides is 2. The summed E-state index contributed by atoms with van der Waals surface area (Å²) >= 11 is 3.31. The Morgan fingerprint density at radius 1 is 1.33 bits per heavy atom. The number of aryl methyl sites for hydroxylation is 1. The molecule has 0 radical (unpaired) electrons. The molecule has 2 amide bonds. The first-order valence-electron chi connectivity index (χ1n) is 9.81. The number of aromatic nitrogens is 2. The van der Waals surface area contributed by atoms with Gasteiger partial charge < -0.3 is 4.90 Å². The third kappa shape index (κ3) is 6.21. The molecule has 0 saturated heterocycles. The van der Waals surface area contributed by atoms with Gasteiger partial charge in [-0.1, -0.05) is 43.6 Å². The van der Waals surface area contributed by atoms with Gasteiger partial charge in [-0.25, -0.2) is 9.78 Å². The Hall–Kier alpha value is -1.60. The van der Waals surface area contributed by atoms with Gasteiger partial charge in [0.25, 0.3) is 0 Å². The fourth-order valence-corrected chi connectivity index (χ4v) is 5.31. The van der Waals surface area contributed by atoms with Gasteiger partial charge in [-0.3, -0.25) is 10.3 Å². The quantitative estimate of drug-likeness (QED) is 0.594. The smallest absolute Gasteiger partial charge is 0.321 e. The summed E-state index contributed by atoms with van der Waals surface area (Å²) in [6.07, 6.45) is 13.4. The zero-order valence-corrected chi connectivity index (χ0v) is 17.5. The van der Waals surface area contributed by atoms with Gasteiger partial charge in [0.1, 0.15) is 0 Å². The standard InChI is InChI=1S/C20H28N4OS2/c1-2-26-18-15-22-19(27-18)23-20(25)24(17-10-4-3-5-11-17)13-7-9-16-8-6-12-21-14-16/h6,8,12,14-15,17H,2-5,7,9-11,13H2,1H3,(H,22,23,25). The summed E-state index contributed by atoms with van der Waals surface area (Å²) in [5.74, 6) is 1.01. The van der Waals surface area contributed by atoms with Crippen molar-refractivity contribution in [1.82, 2.24) is 14.9 Å². The largest absolute Gasteiger partial charge is 0.323 e. The molecule has 2 aromatic rings. The molecule has 1 N–H and O–H groups in total. The highest BCUT2D eigenvalue weighted by atomic mass is 32.2. The monoisotopic (exact) mass is 404 g/mol. The topological polar surface area (TPSA) is 58.1 Å². The fourth-order valence-electron chi connectivity index (χ4n) is 3.53. The number of urea groups is 1. The van der Waals surface area contributed by atoms with E-state index in [-0.39, 0.29) is 6.03 Å². The van der Waals surface area contributed by atoms with E-state index >= 15 is 0 Å². The first-order valence-corrected chi connectivity index (χ1v) is 11.6. The van der Waals surface area contributed by atoms with Crippen LogP contribution in [0.4, 0.5) is 9.93 Å². The summed E-state index contributed by atoms with van der Waals surface area (Å²) in [6.45, 7) is 2.89. The normalized spacial score (nSPS) is 14.9. The maximum absolute atomic E-state index is 13.0. The second-order valence-corrected chi connectivity index (χ2v) is 9.39. The lowest BCUT2D eigenvalue weighted by atomic mass is 9.94. The van der Waals surface area contributed by atoms with E-state index < -0.39 is 0 Å². The van der Waals surface area contributed by atoms with Crippen LogP contribution in [0.5, 0.6) is 0 Å². The van der Waals surface area contributed by atoms with E-state index in [1.165, 1.54) is 24.8 Å². The summed E-state index contributed by atoms with van der Waals surface area (Å²) in [5, 5.41) is 3.73. The highest BCUT2D eigenvalue weighted by molar-refractivity contribution is 8.01. The number of anilines is 1. The average Bonchev–Trinajstić information content (AvgIpc) is 3.14. The Labute approximate surface area is 170 Å². The van der Waals surface area contributed by atoms with Crippen molar-refractivity contribution >= 4 is 34.3 Å². The maximum atomic E-state index is 13.0. The van der Waals surface area contributed by atoms with Crippen molar-refractivity contribution in [2.75, 3.05) is 17.6 Å². The minimum absolute atomic E-state index is 0.00418. The fraction of sp³-hybridized carbons (Fsp3) is 0.550. The Kier molecular flexibility index (Phi) is 7.95. The molecule has 0 aromatic carbocycles. The minimum Gasteiger partial charge on any atom is -0.321 e. The number of thioether (sulfide) groups is 1. The summed E-state index contributed by atoms with van der Waals surface area (Å²) < 4.78 is 1.15. The van der Waals surface area contributed by atoms with Crippen LogP contribution in [0.1, 0.15) is 51.0 Å². The van der Waals surface area contributed by atoms with E-state index in [4.69, 9.17) is 0 Å². The van der Waals surface area contributed by atoms with Crippen molar-refractivity contribution in [3.8, 4) is 0 Å². The van der Waals surface area contributed by atoms with E-state index in [2.05, 4.69) is 28.3 Å². The second kappa shape index (κ2) is 10.7. The van der Waals surface area contributed by atoms with Gasteiger partial charge in [0.2, 0.25) is 0 Å². The van der Waals surface area contributed by atoms with Crippen LogP contribution in [-0.2, 0) is 6.42 Å². The molecule has 2 heterocycles. The molecule has 1 fully saturated rings. The second-order valence-electron chi connectivity index (χ2n) is 6.80. The Morgan fingerprint density at radius 3 is 2.93 bits per heavy atom. The zero-order chi connectivity index (χ0) is 18.9. The summed E-state index contributed by atoms with van der Waals surface area (Å²) in [5.41, 5.74) is 1.22. The Morgan fingerprint density at radius 2 is 2.19 bits per heavy atom. The van der Waals surface area contributed by atoms with Crippen molar-refractivity contribution < 1.29 is 4.79 Å². The molecule has 1 aliphatic carbocycles. The number of nitrogens with one attached hydrogen (secondary N) is 1. The van der Waals surface area contributed by atoms with E-state index in [1.54, 1.807) is 29.3 Å². The lowest BCUT2D eigenvalue weighted by Gasteiger charge is -2.34. The van der Waals surface area contributed by atoms with Crippen molar-refractivity contribution in [1.29, 1.82) is 0 Å². The summed E-state index contributed by atoms with van der Waals surface area (Å²) in [4.78, 5) is 23.6. The molecule has 0 unspecified atom stereocenters. The SMILES string of the molecule is CCSc1cnc(NC(=O)N(CCCc2cccnc2)C2CCCCC2)s1. The number of carbonyl (C=O) groups is 1. The molecule has 1 aliphatic rings. The molecule has 0 spiro atoms. The zero-order valence-electron chi connectivity index (χ0n) is 15.9. The third-order valence-corrected chi connectivity index (χ3v) is 6.84. The van der Waals surface area contributed by atoms with Gasteiger partial charge in [0.15, 0.2) is 5.13 Å². The van der Waals surface area contributed by atoms with E-state index in [0.29, 0.717) is 11.2 Å². The van der Waals surface area contributed by atoms with Crippen molar-refractivity contribution in [3.05, 3.63) is 36.3 Å². The molecular formula is C20H28N4OS2. The number of thiazole rings is 1. The molecule has 1 saturated carbocycles. The number of rotatable bonds is 8. The molecule has 0 bridgehead atoms. The van der Waals surface area contributed by atoms with Crippen LogP contribution < -0.4 is 5.32 Å². The van der Waals surface area contributed by atoms with Crippen LogP contribution in [-0.4, -0.2) is 39.2 Å². The molecule has 27 heavy (non-hydrogen) atoms. The highest BCUT2D eigenvalue weighted by Gasteiger charge is 2.25. The van der Waals surface area contributed by atoms with Gasteiger partial charge >= 0.3 is 6.03 Å². The minimum atomic E-state index is -0.00418. The lowest BCUT2D eigenvalue weighted by Crippen LogP contribution is -2.44. The van der Waals surface area contributed by atoms with Gasteiger partial charge in [-0.2, -0.15) is 0 Å². The van der Waals surface area contributed by atoms with Crippen molar-refractivity contribution in [3.63, 3.8) is 0 Å². The van der Waals surface area contributed by atoms with Gasteiger partial charge in [0, 0.05) is 25.0 Å². The molecule has 0 atom stereocenters. The molecule has 5 nitrogen and oxygen atoms in total. The number of nitrogens with zero attached hydrogens (tertiary/aromatic N) is 3. The molecule has 146 valence electrons. The molecule has 7 heteroatoms. The first-order chi connectivity index (χ1) is 13.3. The number of hydrogen-bond donors (Lipinski definition) is 1. The van der Waals surface area contributed by atoms with Crippen LogP contribution in [0, 0.1) is 0 Å². The number of hydrogen-bond acceptors (Lipinski definition) is 5. The first kappa shape index (κ1) is 20.1. The molecule has 2 aromatic heterocycles. The Bertz CT molecular complexity index is 701. The van der Waals surface area contributed by atoms with E-state index in [9.17, 15) is 4.79 Å². The maximum Gasteiger partial charge on any atom is 0.323 e. The molecular weight excluding hydrogens is 376 g/mol. The summed E-state index contributed by atoms with van der Waals surface area (Å²) in [6, 6.07) is 4.41. The summed E-state index contributed by atoms with van der Waals surface area (Å²) in [7, 11) is 0.